The molecule has 0 aliphatic carbocycles. The van der Waals surface area contributed by atoms with Gasteiger partial charge in [-0.25, -0.2) is 4.98 Å². The molecular weight excluding hydrogens is 336 g/mol. The van der Waals surface area contributed by atoms with Crippen molar-refractivity contribution in [2.24, 2.45) is 7.05 Å². The Hall–Kier alpha value is -3.34. The molecule has 4 rings (SSSR count). The summed E-state index contributed by atoms with van der Waals surface area (Å²) in [6, 6.07) is 18.4. The Labute approximate surface area is 158 Å². The number of benzene rings is 2. The minimum absolute atomic E-state index is 0.732. The Balaban J connectivity index is 1.65. The number of rotatable bonds is 5. The molecule has 0 saturated carbocycles. The third-order valence-electron chi connectivity index (χ3n) is 4.77. The van der Waals surface area contributed by atoms with E-state index in [4.69, 9.17) is 4.74 Å². The predicted octanol–water partition coefficient (Wildman–Crippen LogP) is 4.56. The third-order valence-corrected chi connectivity index (χ3v) is 4.77. The zero-order valence-corrected chi connectivity index (χ0v) is 15.7. The molecule has 0 amide bonds. The van der Waals surface area contributed by atoms with Crippen molar-refractivity contribution < 1.29 is 4.74 Å². The van der Waals surface area contributed by atoms with Gasteiger partial charge in [0.15, 0.2) is 0 Å². The van der Waals surface area contributed by atoms with E-state index in [2.05, 4.69) is 45.0 Å². The molecule has 27 heavy (non-hydrogen) atoms. The van der Waals surface area contributed by atoms with Crippen molar-refractivity contribution >= 4 is 17.0 Å². The molecule has 1 N–H and O–H groups in total. The first-order valence-corrected chi connectivity index (χ1v) is 8.91. The SMILES string of the molecule is COc1ccc(-c2cc3c(cn2)nc(NCc2ccccc2)n3C)c(C)c1. The lowest BCUT2D eigenvalue weighted by molar-refractivity contribution is 0.414. The van der Waals surface area contributed by atoms with Gasteiger partial charge in [0, 0.05) is 19.2 Å². The number of nitrogens with zero attached hydrogens (tertiary/aromatic N) is 3. The first-order chi connectivity index (χ1) is 13.2. The Morgan fingerprint density at radius 1 is 1.07 bits per heavy atom. The van der Waals surface area contributed by atoms with Gasteiger partial charge in [-0.1, -0.05) is 30.3 Å². The van der Waals surface area contributed by atoms with Crippen molar-refractivity contribution in [2.75, 3.05) is 12.4 Å². The number of ether oxygens (including phenoxy) is 1. The summed E-state index contributed by atoms with van der Waals surface area (Å²) in [6.45, 7) is 2.80. The molecule has 4 aromatic rings. The quantitative estimate of drug-likeness (QED) is 0.568. The number of hydrogen-bond donors (Lipinski definition) is 1. The summed E-state index contributed by atoms with van der Waals surface area (Å²) < 4.78 is 7.37. The van der Waals surface area contributed by atoms with E-state index in [1.807, 2.05) is 49.6 Å². The number of aryl methyl sites for hydroxylation is 2. The van der Waals surface area contributed by atoms with Crippen molar-refractivity contribution in [1.82, 2.24) is 14.5 Å². The topological polar surface area (TPSA) is 52.0 Å². The number of imidazole rings is 1. The molecule has 5 heteroatoms. The van der Waals surface area contributed by atoms with Crippen molar-refractivity contribution in [3.8, 4) is 17.0 Å². The molecule has 2 heterocycles. The van der Waals surface area contributed by atoms with E-state index in [-0.39, 0.29) is 0 Å². The molecule has 0 atom stereocenters. The van der Waals surface area contributed by atoms with E-state index in [1.54, 1.807) is 7.11 Å². The lowest BCUT2D eigenvalue weighted by Crippen LogP contribution is -2.04. The monoisotopic (exact) mass is 358 g/mol. The molecular formula is C22H22N4O. The summed E-state index contributed by atoms with van der Waals surface area (Å²) >= 11 is 0. The van der Waals surface area contributed by atoms with Gasteiger partial charge in [0.2, 0.25) is 5.95 Å². The smallest absolute Gasteiger partial charge is 0.203 e. The minimum Gasteiger partial charge on any atom is -0.497 e. The molecule has 136 valence electrons. The van der Waals surface area contributed by atoms with Gasteiger partial charge in [-0.3, -0.25) is 4.98 Å². The molecule has 0 spiro atoms. The lowest BCUT2D eigenvalue weighted by Gasteiger charge is -2.08. The van der Waals surface area contributed by atoms with Gasteiger partial charge >= 0.3 is 0 Å². The summed E-state index contributed by atoms with van der Waals surface area (Å²) in [7, 11) is 3.70. The maximum atomic E-state index is 5.30. The first-order valence-electron chi connectivity index (χ1n) is 8.91. The van der Waals surface area contributed by atoms with Gasteiger partial charge in [0.05, 0.1) is 24.5 Å². The number of hydrogen-bond acceptors (Lipinski definition) is 4. The van der Waals surface area contributed by atoms with E-state index < -0.39 is 0 Å². The lowest BCUT2D eigenvalue weighted by atomic mass is 10.0. The highest BCUT2D eigenvalue weighted by Crippen LogP contribution is 2.28. The Kier molecular flexibility index (Phi) is 4.50. The number of aromatic nitrogens is 3. The predicted molar refractivity (Wildman–Crippen MR) is 109 cm³/mol. The average Bonchev–Trinajstić information content (AvgIpc) is 3.02. The Bertz CT molecular complexity index is 1090. The second-order valence-corrected chi connectivity index (χ2v) is 6.57. The van der Waals surface area contributed by atoms with Crippen molar-refractivity contribution in [3.63, 3.8) is 0 Å². The van der Waals surface area contributed by atoms with Gasteiger partial charge < -0.3 is 14.6 Å². The zero-order valence-electron chi connectivity index (χ0n) is 15.7. The second-order valence-electron chi connectivity index (χ2n) is 6.57. The van der Waals surface area contributed by atoms with Crippen molar-refractivity contribution in [3.05, 3.63) is 71.9 Å². The van der Waals surface area contributed by atoms with Gasteiger partial charge in [-0.05, 0) is 42.3 Å². The van der Waals surface area contributed by atoms with E-state index >= 15 is 0 Å². The number of nitrogens with one attached hydrogen (secondary N) is 1. The largest absolute Gasteiger partial charge is 0.497 e. The van der Waals surface area contributed by atoms with E-state index in [1.165, 1.54) is 5.56 Å². The minimum atomic E-state index is 0.732. The fraction of sp³-hybridized carbons (Fsp3) is 0.182. The van der Waals surface area contributed by atoms with Crippen LogP contribution in [0.4, 0.5) is 5.95 Å². The van der Waals surface area contributed by atoms with Gasteiger partial charge in [0.25, 0.3) is 0 Å². The van der Waals surface area contributed by atoms with Crippen LogP contribution in [-0.4, -0.2) is 21.6 Å². The highest BCUT2D eigenvalue weighted by molar-refractivity contribution is 5.82. The molecule has 0 aliphatic rings. The summed E-state index contributed by atoms with van der Waals surface area (Å²) in [5, 5.41) is 3.41. The van der Waals surface area contributed by atoms with Crippen LogP contribution in [0.25, 0.3) is 22.3 Å². The molecule has 0 bridgehead atoms. The Morgan fingerprint density at radius 2 is 1.89 bits per heavy atom. The van der Waals surface area contributed by atoms with Crippen LogP contribution < -0.4 is 10.1 Å². The van der Waals surface area contributed by atoms with Crippen molar-refractivity contribution in [1.29, 1.82) is 0 Å². The molecule has 2 aromatic carbocycles. The average molecular weight is 358 g/mol. The van der Waals surface area contributed by atoms with Crippen LogP contribution in [-0.2, 0) is 13.6 Å². The molecule has 0 radical (unpaired) electrons. The van der Waals surface area contributed by atoms with E-state index in [9.17, 15) is 0 Å². The van der Waals surface area contributed by atoms with Gasteiger partial charge in [-0.15, -0.1) is 0 Å². The standard InChI is InChI=1S/C22H22N4O/c1-15-11-17(27-3)9-10-18(15)19-12-21-20(14-23-19)25-22(26(21)2)24-13-16-7-5-4-6-8-16/h4-12,14H,13H2,1-3H3,(H,24,25). The van der Waals surface area contributed by atoms with Crippen LogP contribution in [0.3, 0.4) is 0 Å². The summed E-state index contributed by atoms with van der Waals surface area (Å²) in [5.74, 6) is 1.68. The summed E-state index contributed by atoms with van der Waals surface area (Å²) in [6.07, 6.45) is 1.84. The molecule has 0 aliphatic heterocycles. The van der Waals surface area contributed by atoms with Crippen LogP contribution in [0, 0.1) is 6.92 Å². The number of pyridine rings is 1. The van der Waals surface area contributed by atoms with Crippen LogP contribution in [0.1, 0.15) is 11.1 Å². The second kappa shape index (κ2) is 7.11. The van der Waals surface area contributed by atoms with Gasteiger partial charge in [-0.2, -0.15) is 0 Å². The molecule has 2 aromatic heterocycles. The summed E-state index contributed by atoms with van der Waals surface area (Å²) in [4.78, 5) is 9.30. The number of anilines is 1. The third kappa shape index (κ3) is 3.36. The normalized spacial score (nSPS) is 10.9. The summed E-state index contributed by atoms with van der Waals surface area (Å²) in [5.41, 5.74) is 6.30. The number of methoxy groups -OCH3 is 1. The maximum Gasteiger partial charge on any atom is 0.203 e. The molecule has 0 unspecified atom stereocenters. The highest BCUT2D eigenvalue weighted by atomic mass is 16.5. The Morgan fingerprint density at radius 3 is 2.63 bits per heavy atom. The van der Waals surface area contributed by atoms with Crippen LogP contribution >= 0.6 is 0 Å². The van der Waals surface area contributed by atoms with E-state index in [0.29, 0.717) is 0 Å². The molecule has 0 saturated heterocycles. The molecule has 0 fully saturated rings. The maximum absolute atomic E-state index is 5.30. The highest BCUT2D eigenvalue weighted by Gasteiger charge is 2.11. The number of fused-ring (bicyclic) bond motifs is 1. The van der Waals surface area contributed by atoms with Gasteiger partial charge in [0.1, 0.15) is 11.3 Å². The van der Waals surface area contributed by atoms with Crippen LogP contribution in [0.2, 0.25) is 0 Å². The van der Waals surface area contributed by atoms with Crippen LogP contribution in [0.15, 0.2) is 60.8 Å². The first kappa shape index (κ1) is 17.1. The zero-order chi connectivity index (χ0) is 18.8. The van der Waals surface area contributed by atoms with Crippen LogP contribution in [0.5, 0.6) is 5.75 Å². The van der Waals surface area contributed by atoms with Crippen molar-refractivity contribution in [2.45, 2.75) is 13.5 Å². The molecule has 5 nitrogen and oxygen atoms in total. The van der Waals surface area contributed by atoms with E-state index in [0.717, 1.165) is 46.1 Å². The fourth-order valence-corrected chi connectivity index (χ4v) is 3.23. The fourth-order valence-electron chi connectivity index (χ4n) is 3.23.